The fourth-order valence-corrected chi connectivity index (χ4v) is 4.60. The van der Waals surface area contributed by atoms with Crippen LogP contribution in [0.5, 0.6) is 0 Å². The Balaban J connectivity index is 0.00000272. The summed E-state index contributed by atoms with van der Waals surface area (Å²) in [6, 6.07) is 8.92. The van der Waals surface area contributed by atoms with E-state index in [-0.39, 0.29) is 35.8 Å². The lowest BCUT2D eigenvalue weighted by molar-refractivity contribution is 0.0652. The fraction of sp³-hybridized carbons (Fsp3) is 0.609. The van der Waals surface area contributed by atoms with Crippen molar-refractivity contribution in [1.29, 1.82) is 0 Å². The molecule has 4 rings (SSSR count). The number of carbonyl (C=O) groups excluding carboxylic acids is 2. The average molecular weight is 539 g/mol. The summed E-state index contributed by atoms with van der Waals surface area (Å²) in [4.78, 5) is 33.5. The molecule has 2 unspecified atom stereocenters. The Morgan fingerprint density at radius 3 is 2.42 bits per heavy atom. The lowest BCUT2D eigenvalue weighted by Crippen LogP contribution is -2.44. The monoisotopic (exact) mass is 539 g/mol. The maximum Gasteiger partial charge on any atom is 0.261 e. The van der Waals surface area contributed by atoms with E-state index in [1.165, 1.54) is 17.7 Å². The molecule has 1 aromatic rings. The molecule has 1 saturated heterocycles. The third-order valence-corrected chi connectivity index (χ3v) is 6.26. The predicted molar refractivity (Wildman–Crippen MR) is 133 cm³/mol. The number of hydrogen-bond acceptors (Lipinski definition) is 4. The molecule has 2 heterocycles. The van der Waals surface area contributed by atoms with Gasteiger partial charge in [-0.2, -0.15) is 0 Å². The van der Waals surface area contributed by atoms with Gasteiger partial charge in [0, 0.05) is 44.3 Å². The first-order valence-electron chi connectivity index (χ1n) is 11.3. The number of hydrogen-bond donors (Lipinski definition) is 2. The number of aliphatic imine (C=N–C) groups is 1. The molecule has 31 heavy (non-hydrogen) atoms. The van der Waals surface area contributed by atoms with Crippen molar-refractivity contribution in [3.8, 4) is 0 Å². The van der Waals surface area contributed by atoms with Crippen molar-refractivity contribution < 1.29 is 9.59 Å². The minimum atomic E-state index is -0.176. The molecule has 1 aromatic carbocycles. The molecular weight excluding hydrogens is 505 g/mol. The van der Waals surface area contributed by atoms with Gasteiger partial charge < -0.3 is 10.6 Å². The van der Waals surface area contributed by atoms with E-state index >= 15 is 0 Å². The molecule has 0 spiro atoms. The van der Waals surface area contributed by atoms with Gasteiger partial charge in [-0.1, -0.05) is 12.1 Å². The number of nitrogens with one attached hydrogen (secondary N) is 2. The van der Waals surface area contributed by atoms with Crippen molar-refractivity contribution in [2.45, 2.75) is 64.1 Å². The summed E-state index contributed by atoms with van der Waals surface area (Å²) in [7, 11) is 0. The van der Waals surface area contributed by atoms with Gasteiger partial charge in [-0.05, 0) is 58.1 Å². The Bertz CT molecular complexity index is 791. The molecule has 7 nitrogen and oxygen atoms in total. The van der Waals surface area contributed by atoms with Crippen LogP contribution in [0.25, 0.3) is 0 Å². The van der Waals surface area contributed by atoms with E-state index in [1.807, 2.05) is 0 Å². The van der Waals surface area contributed by atoms with Crippen LogP contribution >= 0.6 is 24.0 Å². The van der Waals surface area contributed by atoms with Crippen LogP contribution in [0.3, 0.4) is 0 Å². The molecule has 3 aliphatic rings. The summed E-state index contributed by atoms with van der Waals surface area (Å²) in [6.45, 7) is 7.44. The molecular formula is C23H34IN5O2. The van der Waals surface area contributed by atoms with Crippen LogP contribution in [-0.2, 0) is 0 Å². The zero-order valence-corrected chi connectivity index (χ0v) is 20.8. The van der Waals surface area contributed by atoms with Gasteiger partial charge in [-0.25, -0.2) is 0 Å². The number of nitrogens with zero attached hydrogens (tertiary/aromatic N) is 3. The molecule has 170 valence electrons. The Hall–Kier alpha value is -1.68. The van der Waals surface area contributed by atoms with Gasteiger partial charge in [0.25, 0.3) is 11.8 Å². The number of rotatable bonds is 8. The van der Waals surface area contributed by atoms with Crippen LogP contribution in [0.1, 0.15) is 66.7 Å². The van der Waals surface area contributed by atoms with E-state index < -0.39 is 0 Å². The molecule has 2 atom stereocenters. The molecule has 0 aromatic heterocycles. The normalized spacial score (nSPS) is 23.7. The standard InChI is InChI=1S/C23H33N5O2.HI/c1-3-24-23(26-17-14-16(2)28(15-17)18-10-11-18)25-12-6-7-13-27-21(29)19-8-4-5-9-20(19)22(27)30;/h4-5,8-9,16-18H,3,6-7,10-15H2,1-2H3,(H2,24,25,26);1H. The van der Waals surface area contributed by atoms with Gasteiger partial charge in [-0.3, -0.25) is 24.4 Å². The Labute approximate surface area is 202 Å². The van der Waals surface area contributed by atoms with Gasteiger partial charge in [0.05, 0.1) is 11.1 Å². The smallest absolute Gasteiger partial charge is 0.261 e. The quantitative estimate of drug-likeness (QED) is 0.175. The van der Waals surface area contributed by atoms with Crippen molar-refractivity contribution >= 4 is 41.8 Å². The van der Waals surface area contributed by atoms with E-state index in [0.29, 0.717) is 36.3 Å². The molecule has 1 aliphatic carbocycles. The predicted octanol–water partition coefficient (Wildman–Crippen LogP) is 2.86. The topological polar surface area (TPSA) is 77.0 Å². The number of carbonyl (C=O) groups is 2. The summed E-state index contributed by atoms with van der Waals surface area (Å²) < 4.78 is 0. The molecule has 8 heteroatoms. The second-order valence-electron chi connectivity index (χ2n) is 8.63. The van der Waals surface area contributed by atoms with Crippen LogP contribution < -0.4 is 10.6 Å². The third-order valence-electron chi connectivity index (χ3n) is 6.26. The highest BCUT2D eigenvalue weighted by atomic mass is 127. The van der Waals surface area contributed by atoms with Crippen molar-refractivity contribution in [3.63, 3.8) is 0 Å². The highest BCUT2D eigenvalue weighted by Gasteiger charge is 2.39. The highest BCUT2D eigenvalue weighted by Crippen LogP contribution is 2.33. The third kappa shape index (κ3) is 5.58. The first-order chi connectivity index (χ1) is 14.6. The molecule has 2 aliphatic heterocycles. The molecule has 2 amide bonds. The number of imide groups is 1. The van der Waals surface area contributed by atoms with Gasteiger partial charge >= 0.3 is 0 Å². The molecule has 0 bridgehead atoms. The summed E-state index contributed by atoms with van der Waals surface area (Å²) in [5.74, 6) is 0.516. The van der Waals surface area contributed by atoms with Crippen LogP contribution in [0.2, 0.25) is 0 Å². The first kappa shape index (κ1) is 24.0. The van der Waals surface area contributed by atoms with E-state index in [4.69, 9.17) is 4.99 Å². The minimum absolute atomic E-state index is 0. The largest absolute Gasteiger partial charge is 0.357 e. The number of benzene rings is 1. The van der Waals surface area contributed by atoms with E-state index in [9.17, 15) is 9.59 Å². The fourth-order valence-electron chi connectivity index (χ4n) is 4.60. The maximum atomic E-state index is 12.4. The van der Waals surface area contributed by atoms with Crippen LogP contribution in [0.15, 0.2) is 29.3 Å². The lowest BCUT2D eigenvalue weighted by atomic mass is 10.1. The van der Waals surface area contributed by atoms with Gasteiger partial charge in [0.2, 0.25) is 0 Å². The molecule has 2 fully saturated rings. The summed E-state index contributed by atoms with van der Waals surface area (Å²) in [6.07, 6.45) is 5.43. The van der Waals surface area contributed by atoms with Crippen LogP contribution in [-0.4, -0.2) is 71.9 Å². The van der Waals surface area contributed by atoms with Crippen molar-refractivity contribution in [1.82, 2.24) is 20.4 Å². The number of likely N-dealkylation sites (tertiary alicyclic amines) is 1. The van der Waals surface area contributed by atoms with Crippen LogP contribution in [0, 0.1) is 0 Å². The average Bonchev–Trinajstić information content (AvgIpc) is 3.48. The molecule has 1 saturated carbocycles. The number of unbranched alkanes of at least 4 members (excludes halogenated alkanes) is 1. The maximum absolute atomic E-state index is 12.4. The van der Waals surface area contributed by atoms with E-state index in [1.54, 1.807) is 24.3 Å². The van der Waals surface area contributed by atoms with Crippen molar-refractivity contribution in [2.75, 3.05) is 26.2 Å². The van der Waals surface area contributed by atoms with Crippen molar-refractivity contribution in [3.05, 3.63) is 35.4 Å². The molecule has 0 radical (unpaired) electrons. The molecule has 2 N–H and O–H groups in total. The Morgan fingerprint density at radius 1 is 1.13 bits per heavy atom. The second kappa shape index (κ2) is 10.8. The number of fused-ring (bicyclic) bond motifs is 1. The Morgan fingerprint density at radius 2 is 1.81 bits per heavy atom. The lowest BCUT2D eigenvalue weighted by Gasteiger charge is -2.20. The van der Waals surface area contributed by atoms with Crippen molar-refractivity contribution in [2.24, 2.45) is 4.99 Å². The highest BCUT2D eigenvalue weighted by molar-refractivity contribution is 14.0. The summed E-state index contributed by atoms with van der Waals surface area (Å²) >= 11 is 0. The number of halogens is 1. The zero-order chi connectivity index (χ0) is 21.1. The second-order valence-corrected chi connectivity index (χ2v) is 8.63. The Kier molecular flexibility index (Phi) is 8.32. The SMILES string of the molecule is CCNC(=NCCCCN1C(=O)c2ccccc2C1=O)NC1CC(C)N(C2CC2)C1.I. The van der Waals surface area contributed by atoms with Gasteiger partial charge in [0.15, 0.2) is 5.96 Å². The first-order valence-corrected chi connectivity index (χ1v) is 11.3. The van der Waals surface area contributed by atoms with E-state index in [2.05, 4.69) is 29.4 Å². The summed E-state index contributed by atoms with van der Waals surface area (Å²) in [5, 5.41) is 6.94. The number of guanidine groups is 1. The van der Waals surface area contributed by atoms with Crippen LogP contribution in [0.4, 0.5) is 0 Å². The number of amides is 2. The van der Waals surface area contributed by atoms with E-state index in [0.717, 1.165) is 44.4 Å². The van der Waals surface area contributed by atoms with Gasteiger partial charge in [0.1, 0.15) is 0 Å². The summed E-state index contributed by atoms with van der Waals surface area (Å²) in [5.41, 5.74) is 1.04. The van der Waals surface area contributed by atoms with Gasteiger partial charge in [-0.15, -0.1) is 24.0 Å². The zero-order valence-electron chi connectivity index (χ0n) is 18.5. The minimum Gasteiger partial charge on any atom is -0.357 e.